The molecule has 1 rings (SSSR count). The van der Waals surface area contributed by atoms with E-state index in [-0.39, 0.29) is 5.75 Å². The molecule has 4 heteroatoms. The fraction of sp³-hybridized carbons (Fsp3) is 0.417. The monoisotopic (exact) mass is 224 g/mol. The summed E-state index contributed by atoms with van der Waals surface area (Å²) >= 11 is 0. The lowest BCUT2D eigenvalue weighted by Gasteiger charge is -2.10. The molecule has 0 saturated carbocycles. The fourth-order valence-corrected chi connectivity index (χ4v) is 1.47. The molecule has 1 aromatic rings. The maximum Gasteiger partial charge on any atom is 0.338 e. The fourth-order valence-electron chi connectivity index (χ4n) is 1.47. The molecule has 0 atom stereocenters. The van der Waals surface area contributed by atoms with Crippen LogP contribution in [0.3, 0.4) is 0 Å². The lowest BCUT2D eigenvalue weighted by molar-refractivity contribution is 0.0524. The van der Waals surface area contributed by atoms with Crippen molar-refractivity contribution in [2.24, 2.45) is 0 Å². The number of phenols is 1. The highest BCUT2D eigenvalue weighted by Gasteiger charge is 2.15. The first-order valence-corrected chi connectivity index (χ1v) is 5.21. The standard InChI is InChI=1S/C12H16O4/c1-4-8-6-11(15-3)10(13)7-9(8)12(14)16-5-2/h6-7,13H,4-5H2,1-3H3. The second kappa shape index (κ2) is 5.39. The van der Waals surface area contributed by atoms with E-state index in [9.17, 15) is 9.90 Å². The number of benzene rings is 1. The van der Waals surface area contributed by atoms with Crippen LogP contribution in [0.4, 0.5) is 0 Å². The van der Waals surface area contributed by atoms with Crippen LogP contribution in [0.25, 0.3) is 0 Å². The van der Waals surface area contributed by atoms with Crippen molar-refractivity contribution in [2.45, 2.75) is 20.3 Å². The van der Waals surface area contributed by atoms with Crippen LogP contribution in [-0.4, -0.2) is 24.8 Å². The van der Waals surface area contributed by atoms with Crippen LogP contribution < -0.4 is 4.74 Å². The number of carbonyl (C=O) groups is 1. The van der Waals surface area contributed by atoms with Gasteiger partial charge in [-0.05, 0) is 31.0 Å². The zero-order chi connectivity index (χ0) is 12.1. The number of hydrogen-bond donors (Lipinski definition) is 1. The van der Waals surface area contributed by atoms with E-state index in [0.29, 0.717) is 24.3 Å². The molecule has 1 aromatic carbocycles. The van der Waals surface area contributed by atoms with E-state index < -0.39 is 5.97 Å². The zero-order valence-electron chi connectivity index (χ0n) is 9.74. The van der Waals surface area contributed by atoms with Crippen LogP contribution in [0.2, 0.25) is 0 Å². The van der Waals surface area contributed by atoms with Crippen molar-refractivity contribution in [1.29, 1.82) is 0 Å². The first-order valence-electron chi connectivity index (χ1n) is 5.21. The van der Waals surface area contributed by atoms with Crippen molar-refractivity contribution in [1.82, 2.24) is 0 Å². The van der Waals surface area contributed by atoms with E-state index in [4.69, 9.17) is 9.47 Å². The summed E-state index contributed by atoms with van der Waals surface area (Å²) in [5.41, 5.74) is 1.19. The maximum absolute atomic E-state index is 11.6. The van der Waals surface area contributed by atoms with Gasteiger partial charge >= 0.3 is 5.97 Å². The Balaban J connectivity index is 3.17. The Kier molecular flexibility index (Phi) is 4.17. The average molecular weight is 224 g/mol. The highest BCUT2D eigenvalue weighted by Crippen LogP contribution is 2.30. The minimum absolute atomic E-state index is 0.0530. The molecule has 0 spiro atoms. The number of ether oxygens (including phenoxy) is 2. The molecule has 0 bridgehead atoms. The molecule has 0 aromatic heterocycles. The van der Waals surface area contributed by atoms with Gasteiger partial charge in [-0.15, -0.1) is 0 Å². The van der Waals surface area contributed by atoms with Gasteiger partial charge in [-0.25, -0.2) is 4.79 Å². The molecule has 0 saturated heterocycles. The molecule has 0 heterocycles. The number of esters is 1. The number of phenolic OH excluding ortho intramolecular Hbond substituents is 1. The molecule has 0 unspecified atom stereocenters. The number of carbonyl (C=O) groups excluding carboxylic acids is 1. The van der Waals surface area contributed by atoms with Gasteiger partial charge in [0.25, 0.3) is 0 Å². The van der Waals surface area contributed by atoms with Crippen molar-refractivity contribution in [3.8, 4) is 11.5 Å². The van der Waals surface area contributed by atoms with Crippen molar-refractivity contribution >= 4 is 5.97 Å². The van der Waals surface area contributed by atoms with Gasteiger partial charge < -0.3 is 14.6 Å². The molecule has 0 amide bonds. The van der Waals surface area contributed by atoms with Crippen molar-refractivity contribution < 1.29 is 19.4 Å². The molecule has 0 aliphatic carbocycles. The van der Waals surface area contributed by atoms with Gasteiger partial charge in [0.2, 0.25) is 0 Å². The molecule has 0 aliphatic heterocycles. The van der Waals surface area contributed by atoms with Crippen LogP contribution >= 0.6 is 0 Å². The maximum atomic E-state index is 11.6. The summed E-state index contributed by atoms with van der Waals surface area (Å²) in [4.78, 5) is 11.6. The quantitative estimate of drug-likeness (QED) is 0.796. The molecule has 16 heavy (non-hydrogen) atoms. The Bertz CT molecular complexity index is 385. The smallest absolute Gasteiger partial charge is 0.338 e. The highest BCUT2D eigenvalue weighted by atomic mass is 16.5. The third-order valence-electron chi connectivity index (χ3n) is 2.28. The summed E-state index contributed by atoms with van der Waals surface area (Å²) in [7, 11) is 1.47. The SMILES string of the molecule is CCOC(=O)c1cc(O)c(OC)cc1CC. The van der Waals surface area contributed by atoms with Crippen LogP contribution in [0.5, 0.6) is 11.5 Å². The second-order valence-electron chi connectivity index (χ2n) is 3.26. The van der Waals surface area contributed by atoms with E-state index in [1.807, 2.05) is 6.92 Å². The van der Waals surface area contributed by atoms with Gasteiger partial charge in [0.05, 0.1) is 19.3 Å². The molecule has 0 radical (unpaired) electrons. The van der Waals surface area contributed by atoms with Crippen LogP contribution in [0.15, 0.2) is 12.1 Å². The predicted octanol–water partition coefficient (Wildman–Crippen LogP) is 2.14. The summed E-state index contributed by atoms with van der Waals surface area (Å²) in [5, 5.41) is 9.60. The topological polar surface area (TPSA) is 55.8 Å². The van der Waals surface area contributed by atoms with Crippen LogP contribution in [-0.2, 0) is 11.2 Å². The third kappa shape index (κ3) is 2.45. The van der Waals surface area contributed by atoms with E-state index in [2.05, 4.69) is 0 Å². The minimum atomic E-state index is -0.419. The van der Waals surface area contributed by atoms with Crippen molar-refractivity contribution in [3.63, 3.8) is 0 Å². The minimum Gasteiger partial charge on any atom is -0.504 e. The normalized spacial score (nSPS) is 9.94. The highest BCUT2D eigenvalue weighted by molar-refractivity contribution is 5.92. The third-order valence-corrected chi connectivity index (χ3v) is 2.28. The predicted molar refractivity (Wildman–Crippen MR) is 60.0 cm³/mol. The van der Waals surface area contributed by atoms with Crippen molar-refractivity contribution in [3.05, 3.63) is 23.3 Å². The summed E-state index contributed by atoms with van der Waals surface area (Å²) in [6.07, 6.45) is 0.671. The van der Waals surface area contributed by atoms with Gasteiger partial charge in [-0.1, -0.05) is 6.92 Å². The van der Waals surface area contributed by atoms with Gasteiger partial charge in [0.15, 0.2) is 11.5 Å². The van der Waals surface area contributed by atoms with Gasteiger partial charge in [-0.2, -0.15) is 0 Å². The molecule has 0 aliphatic rings. The molecule has 88 valence electrons. The second-order valence-corrected chi connectivity index (χ2v) is 3.26. The Labute approximate surface area is 94.8 Å². The summed E-state index contributed by atoms with van der Waals surface area (Å²) < 4.78 is 9.89. The number of rotatable bonds is 4. The van der Waals surface area contributed by atoms with Gasteiger partial charge in [0, 0.05) is 0 Å². The van der Waals surface area contributed by atoms with E-state index in [0.717, 1.165) is 5.56 Å². The Morgan fingerprint density at radius 3 is 2.56 bits per heavy atom. The van der Waals surface area contributed by atoms with Gasteiger partial charge in [0.1, 0.15) is 0 Å². The number of hydrogen-bond acceptors (Lipinski definition) is 4. The average Bonchev–Trinajstić information content (AvgIpc) is 2.29. The van der Waals surface area contributed by atoms with Crippen LogP contribution in [0.1, 0.15) is 29.8 Å². The number of methoxy groups -OCH3 is 1. The largest absolute Gasteiger partial charge is 0.504 e. The zero-order valence-corrected chi connectivity index (χ0v) is 9.74. The first-order chi connectivity index (χ1) is 7.63. The molecular weight excluding hydrogens is 208 g/mol. The number of aromatic hydroxyl groups is 1. The summed E-state index contributed by atoms with van der Waals surface area (Å²) in [5.74, 6) is -0.107. The Hall–Kier alpha value is -1.71. The molecule has 0 fully saturated rings. The lowest BCUT2D eigenvalue weighted by Crippen LogP contribution is -2.08. The van der Waals surface area contributed by atoms with E-state index >= 15 is 0 Å². The van der Waals surface area contributed by atoms with E-state index in [1.165, 1.54) is 13.2 Å². The molecule has 1 N–H and O–H groups in total. The Morgan fingerprint density at radius 1 is 1.38 bits per heavy atom. The first kappa shape index (κ1) is 12.4. The summed E-state index contributed by atoms with van der Waals surface area (Å²) in [6.45, 7) is 3.98. The molecular formula is C12H16O4. The van der Waals surface area contributed by atoms with Gasteiger partial charge in [-0.3, -0.25) is 0 Å². The summed E-state index contributed by atoms with van der Waals surface area (Å²) in [6, 6.07) is 3.04. The Morgan fingerprint density at radius 2 is 2.06 bits per heavy atom. The number of aryl methyl sites for hydroxylation is 1. The van der Waals surface area contributed by atoms with Crippen molar-refractivity contribution in [2.75, 3.05) is 13.7 Å². The lowest BCUT2D eigenvalue weighted by atomic mass is 10.0. The van der Waals surface area contributed by atoms with Crippen LogP contribution in [0, 0.1) is 0 Å². The molecule has 4 nitrogen and oxygen atoms in total. The van der Waals surface area contributed by atoms with E-state index in [1.54, 1.807) is 13.0 Å².